The lowest BCUT2D eigenvalue weighted by Crippen LogP contribution is -2.29. The Morgan fingerprint density at radius 1 is 1.59 bits per heavy atom. The van der Waals surface area contributed by atoms with Gasteiger partial charge >= 0.3 is 0 Å². The van der Waals surface area contributed by atoms with Crippen LogP contribution in [0.4, 0.5) is 0 Å². The fourth-order valence-corrected chi connectivity index (χ4v) is 1.57. The Kier molecular flexibility index (Phi) is 5.25. The zero-order valence-corrected chi connectivity index (χ0v) is 10.6. The van der Waals surface area contributed by atoms with E-state index in [1.54, 1.807) is 13.2 Å². The molecule has 0 heterocycles. The fraction of sp³-hybridized carbons (Fsp3) is 0.417. The number of aromatic hydroxyl groups is 1. The number of halogens is 1. The summed E-state index contributed by atoms with van der Waals surface area (Å²) in [5.41, 5.74) is 0.221. The number of carbonyl (C=O) groups is 1. The molecular weight excluding hydrogens is 242 g/mol. The van der Waals surface area contributed by atoms with Crippen LogP contribution in [0.2, 0.25) is 5.02 Å². The third-order valence-electron chi connectivity index (χ3n) is 2.27. The van der Waals surface area contributed by atoms with Crippen LogP contribution < -0.4 is 5.32 Å². The van der Waals surface area contributed by atoms with Gasteiger partial charge in [0.2, 0.25) is 0 Å². The first-order valence-electron chi connectivity index (χ1n) is 5.30. The van der Waals surface area contributed by atoms with Gasteiger partial charge in [-0.1, -0.05) is 18.5 Å². The summed E-state index contributed by atoms with van der Waals surface area (Å²) in [4.78, 5) is 11.7. The van der Waals surface area contributed by atoms with E-state index in [0.717, 1.165) is 0 Å². The van der Waals surface area contributed by atoms with E-state index >= 15 is 0 Å². The van der Waals surface area contributed by atoms with E-state index in [1.807, 2.05) is 6.92 Å². The molecule has 0 aliphatic rings. The minimum Gasteiger partial charge on any atom is -0.507 e. The lowest BCUT2D eigenvalue weighted by Gasteiger charge is -2.12. The molecule has 0 saturated heterocycles. The van der Waals surface area contributed by atoms with E-state index in [9.17, 15) is 9.90 Å². The van der Waals surface area contributed by atoms with Gasteiger partial charge in [-0.25, -0.2) is 0 Å². The fourth-order valence-electron chi connectivity index (χ4n) is 1.40. The molecule has 0 fully saturated rings. The number of phenols is 1. The van der Waals surface area contributed by atoms with Crippen LogP contribution in [0.1, 0.15) is 17.3 Å². The second-order valence-electron chi connectivity index (χ2n) is 3.93. The first-order valence-corrected chi connectivity index (χ1v) is 5.68. The van der Waals surface area contributed by atoms with Crippen LogP contribution in [0.5, 0.6) is 5.75 Å². The third-order valence-corrected chi connectivity index (χ3v) is 2.50. The molecule has 1 amide bonds. The second kappa shape index (κ2) is 6.47. The molecular formula is C12H16ClNO3. The van der Waals surface area contributed by atoms with Crippen molar-refractivity contribution < 1.29 is 14.6 Å². The van der Waals surface area contributed by atoms with Crippen molar-refractivity contribution in [2.24, 2.45) is 5.92 Å². The molecule has 0 aliphatic heterocycles. The number of hydrogen-bond acceptors (Lipinski definition) is 3. The first-order chi connectivity index (χ1) is 8.04. The molecule has 2 N–H and O–H groups in total. The molecule has 0 aromatic heterocycles. The van der Waals surface area contributed by atoms with E-state index in [4.69, 9.17) is 16.3 Å². The summed E-state index contributed by atoms with van der Waals surface area (Å²) in [6.07, 6.45) is 0. The number of rotatable bonds is 5. The highest BCUT2D eigenvalue weighted by atomic mass is 35.5. The van der Waals surface area contributed by atoms with Crippen molar-refractivity contribution in [1.29, 1.82) is 0 Å². The van der Waals surface area contributed by atoms with Crippen LogP contribution in [0.15, 0.2) is 18.2 Å². The molecule has 1 aromatic rings. The standard InChI is InChI=1S/C12H16ClNO3/c1-8(7-17-2)6-14-12(16)10-4-3-9(13)5-11(10)15/h3-5,8,15H,6-7H2,1-2H3,(H,14,16). The number of benzene rings is 1. The Labute approximate surface area is 106 Å². The summed E-state index contributed by atoms with van der Waals surface area (Å²) in [6, 6.07) is 4.40. The predicted molar refractivity (Wildman–Crippen MR) is 66.5 cm³/mol. The Morgan fingerprint density at radius 3 is 2.88 bits per heavy atom. The number of carbonyl (C=O) groups excluding carboxylic acids is 1. The predicted octanol–water partition coefficient (Wildman–Crippen LogP) is 2.06. The van der Waals surface area contributed by atoms with Gasteiger partial charge in [-0.2, -0.15) is 0 Å². The van der Waals surface area contributed by atoms with Crippen molar-refractivity contribution in [3.63, 3.8) is 0 Å². The van der Waals surface area contributed by atoms with Gasteiger partial charge in [0.05, 0.1) is 12.2 Å². The van der Waals surface area contributed by atoms with Crippen LogP contribution >= 0.6 is 11.6 Å². The van der Waals surface area contributed by atoms with E-state index in [0.29, 0.717) is 18.2 Å². The molecule has 17 heavy (non-hydrogen) atoms. The molecule has 1 aromatic carbocycles. The van der Waals surface area contributed by atoms with Crippen LogP contribution in [-0.2, 0) is 4.74 Å². The molecule has 0 aliphatic carbocycles. The number of phenolic OH excluding ortho intramolecular Hbond substituents is 1. The average molecular weight is 258 g/mol. The lowest BCUT2D eigenvalue weighted by molar-refractivity contribution is 0.0931. The van der Waals surface area contributed by atoms with Crippen molar-refractivity contribution in [3.05, 3.63) is 28.8 Å². The summed E-state index contributed by atoms with van der Waals surface area (Å²) in [7, 11) is 1.61. The smallest absolute Gasteiger partial charge is 0.255 e. The van der Waals surface area contributed by atoms with Gasteiger partial charge in [-0.3, -0.25) is 4.79 Å². The lowest BCUT2D eigenvalue weighted by atomic mass is 10.1. The first kappa shape index (κ1) is 13.8. The molecule has 1 atom stereocenters. The number of amides is 1. The SMILES string of the molecule is COCC(C)CNC(=O)c1ccc(Cl)cc1O. The number of hydrogen-bond donors (Lipinski definition) is 2. The Balaban J connectivity index is 2.58. The molecule has 0 spiro atoms. The molecule has 0 saturated carbocycles. The van der Waals surface area contributed by atoms with Gasteiger partial charge in [0.15, 0.2) is 0 Å². The Hall–Kier alpha value is -1.26. The average Bonchev–Trinajstić information content (AvgIpc) is 2.26. The normalized spacial score (nSPS) is 12.2. The number of ether oxygens (including phenoxy) is 1. The maximum absolute atomic E-state index is 11.7. The quantitative estimate of drug-likeness (QED) is 0.849. The van der Waals surface area contributed by atoms with Gasteiger partial charge in [-0.05, 0) is 24.1 Å². The summed E-state index contributed by atoms with van der Waals surface area (Å²) < 4.78 is 4.96. The summed E-state index contributed by atoms with van der Waals surface area (Å²) in [6.45, 7) is 3.03. The number of nitrogens with one attached hydrogen (secondary N) is 1. The zero-order chi connectivity index (χ0) is 12.8. The summed E-state index contributed by atoms with van der Waals surface area (Å²) >= 11 is 5.68. The summed E-state index contributed by atoms with van der Waals surface area (Å²) in [5.74, 6) is -0.213. The molecule has 0 radical (unpaired) electrons. The van der Waals surface area contributed by atoms with Crippen molar-refractivity contribution in [2.75, 3.05) is 20.3 Å². The number of methoxy groups -OCH3 is 1. The maximum Gasteiger partial charge on any atom is 0.255 e. The second-order valence-corrected chi connectivity index (χ2v) is 4.37. The molecule has 5 heteroatoms. The highest BCUT2D eigenvalue weighted by Crippen LogP contribution is 2.21. The molecule has 1 unspecified atom stereocenters. The van der Waals surface area contributed by atoms with E-state index in [2.05, 4.69) is 5.32 Å². The Morgan fingerprint density at radius 2 is 2.29 bits per heavy atom. The monoisotopic (exact) mass is 257 g/mol. The van der Waals surface area contributed by atoms with Crippen LogP contribution in [0.3, 0.4) is 0 Å². The van der Waals surface area contributed by atoms with Gasteiger partial charge in [0, 0.05) is 18.7 Å². The van der Waals surface area contributed by atoms with Crippen LogP contribution in [0.25, 0.3) is 0 Å². The minimum atomic E-state index is -0.317. The molecule has 4 nitrogen and oxygen atoms in total. The largest absolute Gasteiger partial charge is 0.507 e. The topological polar surface area (TPSA) is 58.6 Å². The van der Waals surface area contributed by atoms with Crippen LogP contribution in [0, 0.1) is 5.92 Å². The van der Waals surface area contributed by atoms with E-state index < -0.39 is 0 Å². The van der Waals surface area contributed by atoms with Crippen molar-refractivity contribution >= 4 is 17.5 Å². The zero-order valence-electron chi connectivity index (χ0n) is 9.87. The van der Waals surface area contributed by atoms with E-state index in [-0.39, 0.29) is 23.1 Å². The maximum atomic E-state index is 11.7. The minimum absolute atomic E-state index is 0.116. The molecule has 94 valence electrons. The van der Waals surface area contributed by atoms with Crippen molar-refractivity contribution in [3.8, 4) is 5.75 Å². The third kappa shape index (κ3) is 4.24. The van der Waals surface area contributed by atoms with Gasteiger partial charge < -0.3 is 15.2 Å². The van der Waals surface area contributed by atoms with Gasteiger partial charge in [-0.15, -0.1) is 0 Å². The molecule has 0 bridgehead atoms. The van der Waals surface area contributed by atoms with Crippen LogP contribution in [-0.4, -0.2) is 31.3 Å². The van der Waals surface area contributed by atoms with Gasteiger partial charge in [0.1, 0.15) is 5.75 Å². The highest BCUT2D eigenvalue weighted by molar-refractivity contribution is 6.30. The highest BCUT2D eigenvalue weighted by Gasteiger charge is 2.12. The van der Waals surface area contributed by atoms with E-state index in [1.165, 1.54) is 12.1 Å². The summed E-state index contributed by atoms with van der Waals surface area (Å²) in [5, 5.41) is 12.7. The van der Waals surface area contributed by atoms with Gasteiger partial charge in [0.25, 0.3) is 5.91 Å². The van der Waals surface area contributed by atoms with Crippen molar-refractivity contribution in [1.82, 2.24) is 5.32 Å². The Bertz CT molecular complexity index is 395. The van der Waals surface area contributed by atoms with Crippen molar-refractivity contribution in [2.45, 2.75) is 6.92 Å². The molecule has 1 rings (SSSR count).